The maximum absolute atomic E-state index is 15.0. The predicted octanol–water partition coefficient (Wildman–Crippen LogP) is 7.11. The van der Waals surface area contributed by atoms with E-state index in [2.05, 4.69) is 47.5 Å². The molecule has 0 amide bonds. The molecular formula is C27H33BrF2N2O4Si. The van der Waals surface area contributed by atoms with E-state index in [9.17, 15) is 13.6 Å². The summed E-state index contributed by atoms with van der Waals surface area (Å²) >= 11 is 3.51. The second-order valence-corrected chi connectivity index (χ2v) is 17.8. The first-order chi connectivity index (χ1) is 17.4. The highest BCUT2D eigenvalue weighted by atomic mass is 79.9. The van der Waals surface area contributed by atoms with Gasteiger partial charge in [-0.3, -0.25) is 4.79 Å². The average molecular weight is 596 g/mol. The number of ketones is 1. The Morgan fingerprint density at radius 2 is 1.95 bits per heavy atom. The number of nitrogens with zero attached hydrogens (tertiary/aromatic N) is 2. The number of carbonyl (C=O) groups excluding carboxylic acids is 1. The van der Waals surface area contributed by atoms with Gasteiger partial charge in [-0.15, -0.1) is 0 Å². The van der Waals surface area contributed by atoms with Crippen molar-refractivity contribution in [2.45, 2.75) is 58.6 Å². The van der Waals surface area contributed by atoms with Crippen molar-refractivity contribution < 1.29 is 27.8 Å². The van der Waals surface area contributed by atoms with Crippen molar-refractivity contribution in [1.29, 1.82) is 0 Å². The first-order valence-electron chi connectivity index (χ1n) is 12.4. The number of ether oxygens (including phenoxy) is 3. The molecule has 1 saturated heterocycles. The fourth-order valence-electron chi connectivity index (χ4n) is 4.14. The summed E-state index contributed by atoms with van der Waals surface area (Å²) in [7, 11) is -1.21. The normalized spacial score (nSPS) is 15.1. The van der Waals surface area contributed by atoms with E-state index in [1.165, 1.54) is 6.20 Å². The summed E-state index contributed by atoms with van der Waals surface area (Å²) in [6, 6.07) is 4.93. The summed E-state index contributed by atoms with van der Waals surface area (Å²) in [4.78, 5) is 16.8. The number of carbonyl (C=O) groups is 1. The highest BCUT2D eigenvalue weighted by Gasteiger charge is 2.33. The number of benzene rings is 1. The molecule has 3 heterocycles. The monoisotopic (exact) mass is 594 g/mol. The molecule has 3 aromatic rings. The van der Waals surface area contributed by atoms with Gasteiger partial charge in [0.2, 0.25) is 0 Å². The molecule has 4 rings (SSSR count). The van der Waals surface area contributed by atoms with E-state index in [0.717, 1.165) is 18.2 Å². The summed E-state index contributed by atoms with van der Waals surface area (Å²) in [5.74, 6) is -2.05. The molecule has 1 aliphatic rings. The van der Waals surface area contributed by atoms with Crippen molar-refractivity contribution in [3.05, 3.63) is 52.3 Å². The first-order valence-corrected chi connectivity index (χ1v) is 16.9. The maximum atomic E-state index is 15.0. The van der Waals surface area contributed by atoms with Crippen LogP contribution in [-0.2, 0) is 27.4 Å². The van der Waals surface area contributed by atoms with E-state index < -0.39 is 25.5 Å². The second-order valence-electron chi connectivity index (χ2n) is 11.3. The molecule has 0 aliphatic carbocycles. The molecule has 200 valence electrons. The van der Waals surface area contributed by atoms with Gasteiger partial charge >= 0.3 is 0 Å². The van der Waals surface area contributed by atoms with Crippen molar-refractivity contribution in [2.24, 2.45) is 5.41 Å². The lowest BCUT2D eigenvalue weighted by atomic mass is 9.82. The number of hydrogen-bond acceptors (Lipinski definition) is 5. The molecule has 0 unspecified atom stereocenters. The van der Waals surface area contributed by atoms with Crippen LogP contribution in [0.5, 0.6) is 11.5 Å². The fourth-order valence-corrected chi connectivity index (χ4v) is 5.51. The minimum atomic E-state index is -1.21. The Morgan fingerprint density at radius 3 is 2.57 bits per heavy atom. The van der Waals surface area contributed by atoms with Crippen LogP contribution in [-0.4, -0.2) is 43.2 Å². The molecule has 0 spiro atoms. The van der Waals surface area contributed by atoms with Crippen LogP contribution >= 0.6 is 15.9 Å². The lowest BCUT2D eigenvalue weighted by Crippen LogP contribution is -2.40. The molecule has 0 atom stereocenters. The number of aromatic nitrogens is 2. The summed E-state index contributed by atoms with van der Waals surface area (Å²) in [5, 5.41) is 0.586. The number of halogens is 3. The molecule has 0 radical (unpaired) electrons. The Kier molecular flexibility index (Phi) is 8.52. The molecular weight excluding hydrogens is 562 g/mol. The molecule has 0 saturated carbocycles. The van der Waals surface area contributed by atoms with Crippen molar-refractivity contribution in [3.63, 3.8) is 0 Å². The standard InChI is InChI=1S/C27H33BrF2N2O4Si/c1-27(15-35-16-27)7-5-19(33)11-18-12-21(29)25(22(30)13-18)36-23-6-8-31-26-24(23)20(28)14-32(26)17-34-9-10-37(2,3)4/h6,8,12-14H,5,7,9-11,15-17H2,1-4H3. The first kappa shape index (κ1) is 27.9. The van der Waals surface area contributed by atoms with Crippen LogP contribution in [0.15, 0.2) is 35.1 Å². The van der Waals surface area contributed by atoms with Gasteiger partial charge in [0.05, 0.1) is 18.6 Å². The van der Waals surface area contributed by atoms with Gasteiger partial charge in [0.1, 0.15) is 23.9 Å². The molecule has 0 N–H and O–H groups in total. The summed E-state index contributed by atoms with van der Waals surface area (Å²) < 4.78 is 49.2. The Morgan fingerprint density at radius 1 is 1.24 bits per heavy atom. The summed E-state index contributed by atoms with van der Waals surface area (Å²) in [6.45, 7) is 11.2. The van der Waals surface area contributed by atoms with Gasteiger partial charge in [-0.2, -0.15) is 0 Å². The van der Waals surface area contributed by atoms with E-state index >= 15 is 0 Å². The van der Waals surface area contributed by atoms with Gasteiger partial charge < -0.3 is 18.8 Å². The molecule has 0 bridgehead atoms. The van der Waals surface area contributed by atoms with Crippen molar-refractivity contribution >= 4 is 40.8 Å². The third-order valence-corrected chi connectivity index (χ3v) is 8.78. The second kappa shape index (κ2) is 11.3. The number of pyridine rings is 1. The van der Waals surface area contributed by atoms with Crippen molar-refractivity contribution in [3.8, 4) is 11.5 Å². The van der Waals surface area contributed by atoms with E-state index in [1.54, 1.807) is 6.07 Å². The van der Waals surface area contributed by atoms with Gasteiger partial charge in [-0.25, -0.2) is 13.8 Å². The van der Waals surface area contributed by atoms with Gasteiger partial charge in [0, 0.05) is 49.8 Å². The van der Waals surface area contributed by atoms with Gasteiger partial charge in [-0.1, -0.05) is 26.6 Å². The lowest BCUT2D eigenvalue weighted by molar-refractivity contribution is -0.125. The Bertz CT molecular complexity index is 1260. The molecule has 6 nitrogen and oxygen atoms in total. The average Bonchev–Trinajstić information content (AvgIpc) is 3.12. The van der Waals surface area contributed by atoms with Crippen molar-refractivity contribution in [2.75, 3.05) is 19.8 Å². The predicted molar refractivity (Wildman–Crippen MR) is 145 cm³/mol. The van der Waals surface area contributed by atoms with Crippen LogP contribution in [0.25, 0.3) is 11.0 Å². The highest BCUT2D eigenvalue weighted by Crippen LogP contribution is 2.37. The Labute approximate surface area is 225 Å². The Balaban J connectivity index is 1.46. The summed E-state index contributed by atoms with van der Waals surface area (Å²) in [5.41, 5.74) is 0.878. The van der Waals surface area contributed by atoms with Gasteiger partial charge in [-0.05, 0) is 52.2 Å². The number of hydrogen-bond donors (Lipinski definition) is 0. The lowest BCUT2D eigenvalue weighted by Gasteiger charge is -2.37. The van der Waals surface area contributed by atoms with Crippen LogP contribution in [0.1, 0.15) is 25.3 Å². The molecule has 1 fully saturated rings. The van der Waals surface area contributed by atoms with Crippen LogP contribution in [0.4, 0.5) is 8.78 Å². The number of rotatable bonds is 12. The third kappa shape index (κ3) is 7.04. The topological polar surface area (TPSA) is 62.6 Å². The van der Waals surface area contributed by atoms with Crippen LogP contribution in [0.2, 0.25) is 25.7 Å². The van der Waals surface area contributed by atoms with E-state index in [-0.39, 0.29) is 28.9 Å². The molecule has 1 aliphatic heterocycles. The molecule has 10 heteroatoms. The number of fused-ring (bicyclic) bond motifs is 1. The van der Waals surface area contributed by atoms with E-state index in [1.807, 2.05) is 10.8 Å². The zero-order chi connectivity index (χ0) is 26.8. The molecule has 37 heavy (non-hydrogen) atoms. The van der Waals surface area contributed by atoms with Crippen molar-refractivity contribution in [1.82, 2.24) is 9.55 Å². The molecule has 1 aromatic carbocycles. The van der Waals surface area contributed by atoms with Gasteiger partial charge in [0.15, 0.2) is 17.4 Å². The minimum absolute atomic E-state index is 0.0209. The van der Waals surface area contributed by atoms with Crippen LogP contribution in [0, 0.1) is 17.0 Å². The van der Waals surface area contributed by atoms with Crippen LogP contribution in [0.3, 0.4) is 0 Å². The van der Waals surface area contributed by atoms with E-state index in [4.69, 9.17) is 14.2 Å². The largest absolute Gasteiger partial charge is 0.450 e. The minimum Gasteiger partial charge on any atom is -0.450 e. The fraction of sp³-hybridized carbons (Fsp3) is 0.481. The quantitative estimate of drug-likeness (QED) is 0.165. The van der Waals surface area contributed by atoms with Crippen LogP contribution < -0.4 is 4.74 Å². The zero-order valence-electron chi connectivity index (χ0n) is 21.7. The summed E-state index contributed by atoms with van der Waals surface area (Å²) in [6.07, 6.45) is 4.36. The number of Topliss-reactive ketones (excluding diaryl/α,β-unsaturated/α-hetero) is 1. The maximum Gasteiger partial charge on any atom is 0.198 e. The SMILES string of the molecule is CC1(CCC(=O)Cc2cc(F)c(Oc3ccnc4c3c(Br)cn4COCC[Si](C)(C)C)c(F)c2)COC1. The Hall–Kier alpha value is -2.14. The van der Waals surface area contributed by atoms with Gasteiger partial charge in [0.25, 0.3) is 0 Å². The smallest absolute Gasteiger partial charge is 0.198 e. The molecule has 2 aromatic heterocycles. The zero-order valence-corrected chi connectivity index (χ0v) is 24.3. The van der Waals surface area contributed by atoms with E-state index in [0.29, 0.717) is 54.9 Å². The highest BCUT2D eigenvalue weighted by molar-refractivity contribution is 9.10. The third-order valence-electron chi connectivity index (χ3n) is 6.48.